The van der Waals surface area contributed by atoms with E-state index in [1.165, 1.54) is 12.1 Å². The Morgan fingerprint density at radius 3 is 1.92 bits per heavy atom. The van der Waals surface area contributed by atoms with Crippen LogP contribution in [0.15, 0.2) is 82.0 Å². The number of hydrogen-bond donors (Lipinski definition) is 0. The third kappa shape index (κ3) is 4.24. The molecule has 0 aliphatic carbocycles. The minimum atomic E-state index is -0.831. The largest absolute Gasteiger partial charge is 0.454 e. The fourth-order valence-electron chi connectivity index (χ4n) is 2.12. The first-order chi connectivity index (χ1) is 12.6. The Labute approximate surface area is 148 Å². The topological polar surface area (TPSA) is 82.8 Å². The van der Waals surface area contributed by atoms with Crippen LogP contribution in [0.25, 0.3) is 0 Å². The smallest absolute Gasteiger partial charge is 0.379 e. The second-order valence-corrected chi connectivity index (χ2v) is 5.25. The summed E-state index contributed by atoms with van der Waals surface area (Å²) in [5.74, 6) is -1.30. The van der Waals surface area contributed by atoms with Crippen LogP contribution in [0.5, 0.6) is 5.75 Å². The second-order valence-electron chi connectivity index (χ2n) is 5.25. The van der Waals surface area contributed by atoms with Crippen molar-refractivity contribution in [1.82, 2.24) is 0 Å². The molecular formula is C20H14O6. The van der Waals surface area contributed by atoms with Gasteiger partial charge in [-0.15, -0.1) is 0 Å². The van der Waals surface area contributed by atoms with Crippen molar-refractivity contribution in [2.24, 2.45) is 0 Å². The number of ether oxygens (including phenoxy) is 2. The van der Waals surface area contributed by atoms with Crippen LogP contribution < -0.4 is 10.4 Å². The third-order valence-corrected chi connectivity index (χ3v) is 3.41. The first kappa shape index (κ1) is 17.2. The van der Waals surface area contributed by atoms with Gasteiger partial charge in [-0.1, -0.05) is 36.4 Å². The van der Waals surface area contributed by atoms with E-state index in [1.807, 2.05) is 0 Å². The molecule has 0 atom stereocenters. The van der Waals surface area contributed by atoms with E-state index in [0.29, 0.717) is 11.1 Å². The maximum Gasteiger partial charge on any atom is 0.379 e. The molecular weight excluding hydrogens is 336 g/mol. The van der Waals surface area contributed by atoms with Crippen LogP contribution in [0.3, 0.4) is 0 Å². The van der Waals surface area contributed by atoms with E-state index < -0.39 is 17.6 Å². The van der Waals surface area contributed by atoms with Gasteiger partial charge in [0.2, 0.25) is 5.75 Å². The maximum atomic E-state index is 12.0. The van der Waals surface area contributed by atoms with E-state index in [0.717, 1.165) is 0 Å². The highest BCUT2D eigenvalue weighted by molar-refractivity contribution is 5.91. The fraction of sp³-hybridized carbons (Fsp3) is 0.0500. The predicted molar refractivity (Wildman–Crippen MR) is 91.9 cm³/mol. The lowest BCUT2D eigenvalue weighted by Crippen LogP contribution is -2.15. The van der Waals surface area contributed by atoms with Crippen molar-refractivity contribution in [2.75, 3.05) is 0 Å². The van der Waals surface area contributed by atoms with Gasteiger partial charge in [-0.05, 0) is 36.4 Å². The Kier molecular flexibility index (Phi) is 5.24. The zero-order valence-corrected chi connectivity index (χ0v) is 13.6. The molecule has 0 radical (unpaired) electrons. The number of hydrogen-bond acceptors (Lipinski definition) is 6. The van der Waals surface area contributed by atoms with Crippen LogP contribution in [0.1, 0.15) is 26.5 Å². The highest BCUT2D eigenvalue weighted by Crippen LogP contribution is 2.11. The van der Waals surface area contributed by atoms with Gasteiger partial charge in [-0.3, -0.25) is 0 Å². The standard InChI is InChI=1S/C20H14O6/c21-18(14-7-3-1-4-8-14)24-13-16-11-12-17(20(23)25-16)26-19(22)15-9-5-2-6-10-15/h1-12H,13H2. The normalized spacial score (nSPS) is 10.2. The average molecular weight is 350 g/mol. The maximum absolute atomic E-state index is 12.0. The van der Waals surface area contributed by atoms with Crippen LogP contribution in [0, 0.1) is 0 Å². The fourth-order valence-corrected chi connectivity index (χ4v) is 2.12. The number of carbonyl (C=O) groups excluding carboxylic acids is 2. The lowest BCUT2D eigenvalue weighted by Gasteiger charge is -2.06. The van der Waals surface area contributed by atoms with Gasteiger partial charge in [0.15, 0.2) is 0 Å². The Morgan fingerprint density at radius 2 is 1.35 bits per heavy atom. The molecule has 130 valence electrons. The second kappa shape index (κ2) is 7.94. The van der Waals surface area contributed by atoms with Crippen LogP contribution in [0.2, 0.25) is 0 Å². The summed E-state index contributed by atoms with van der Waals surface area (Å²) in [6.07, 6.45) is 0. The van der Waals surface area contributed by atoms with E-state index in [-0.39, 0.29) is 18.1 Å². The predicted octanol–water partition coefficient (Wildman–Crippen LogP) is 3.22. The molecule has 3 rings (SSSR count). The van der Waals surface area contributed by atoms with Gasteiger partial charge in [0.25, 0.3) is 0 Å². The van der Waals surface area contributed by atoms with Gasteiger partial charge in [0, 0.05) is 0 Å². The van der Waals surface area contributed by atoms with Crippen molar-refractivity contribution in [1.29, 1.82) is 0 Å². The van der Waals surface area contributed by atoms with Gasteiger partial charge < -0.3 is 13.9 Å². The summed E-state index contributed by atoms with van der Waals surface area (Å²) in [5.41, 5.74) is -0.126. The van der Waals surface area contributed by atoms with Gasteiger partial charge in [-0.2, -0.15) is 0 Å². The zero-order valence-electron chi connectivity index (χ0n) is 13.6. The van der Waals surface area contributed by atoms with Crippen molar-refractivity contribution < 1.29 is 23.5 Å². The number of esters is 2. The first-order valence-corrected chi connectivity index (χ1v) is 7.76. The molecule has 0 saturated carbocycles. The number of benzene rings is 2. The third-order valence-electron chi connectivity index (χ3n) is 3.41. The Balaban J connectivity index is 1.63. The SMILES string of the molecule is O=C(OCc1ccc(OC(=O)c2ccccc2)c(=O)o1)c1ccccc1. The molecule has 0 spiro atoms. The van der Waals surface area contributed by atoms with E-state index in [4.69, 9.17) is 13.9 Å². The lowest BCUT2D eigenvalue weighted by atomic mass is 10.2. The minimum Gasteiger partial charge on any atom is -0.454 e. The van der Waals surface area contributed by atoms with E-state index in [2.05, 4.69) is 0 Å². The summed E-state index contributed by atoms with van der Waals surface area (Å²) in [6, 6.07) is 19.4. The molecule has 0 unspecified atom stereocenters. The number of rotatable bonds is 5. The Hall–Kier alpha value is -3.67. The monoisotopic (exact) mass is 350 g/mol. The minimum absolute atomic E-state index is 0.138. The summed E-state index contributed by atoms with van der Waals surface area (Å²) >= 11 is 0. The molecule has 0 amide bonds. The molecule has 0 aliphatic heterocycles. The van der Waals surface area contributed by atoms with Crippen molar-refractivity contribution in [3.63, 3.8) is 0 Å². The molecule has 1 heterocycles. The van der Waals surface area contributed by atoms with Crippen LogP contribution in [-0.2, 0) is 11.3 Å². The van der Waals surface area contributed by atoms with Crippen molar-refractivity contribution in [2.45, 2.75) is 6.61 Å². The molecule has 3 aromatic rings. The molecule has 0 N–H and O–H groups in total. The molecule has 6 heteroatoms. The van der Waals surface area contributed by atoms with E-state index >= 15 is 0 Å². The summed E-state index contributed by atoms with van der Waals surface area (Å²) < 4.78 is 15.1. The van der Waals surface area contributed by atoms with E-state index in [9.17, 15) is 14.4 Å². The lowest BCUT2D eigenvalue weighted by molar-refractivity contribution is 0.0440. The van der Waals surface area contributed by atoms with Gasteiger partial charge in [-0.25, -0.2) is 14.4 Å². The van der Waals surface area contributed by atoms with Gasteiger partial charge in [0.05, 0.1) is 11.1 Å². The Morgan fingerprint density at radius 1 is 0.769 bits per heavy atom. The molecule has 0 fully saturated rings. The van der Waals surface area contributed by atoms with Crippen LogP contribution in [-0.4, -0.2) is 11.9 Å². The quantitative estimate of drug-likeness (QED) is 0.657. The molecule has 26 heavy (non-hydrogen) atoms. The first-order valence-electron chi connectivity index (χ1n) is 7.76. The molecule has 1 aromatic heterocycles. The summed E-state index contributed by atoms with van der Waals surface area (Å²) in [7, 11) is 0. The molecule has 6 nitrogen and oxygen atoms in total. The van der Waals surface area contributed by atoms with Gasteiger partial charge in [0.1, 0.15) is 12.4 Å². The van der Waals surface area contributed by atoms with E-state index in [1.54, 1.807) is 60.7 Å². The highest BCUT2D eigenvalue weighted by atomic mass is 16.6. The molecule has 0 aliphatic rings. The van der Waals surface area contributed by atoms with Crippen molar-refractivity contribution >= 4 is 11.9 Å². The average Bonchev–Trinajstić information content (AvgIpc) is 2.69. The molecule has 2 aromatic carbocycles. The van der Waals surface area contributed by atoms with Crippen molar-refractivity contribution in [3.8, 4) is 5.75 Å². The highest BCUT2D eigenvalue weighted by Gasteiger charge is 2.13. The zero-order chi connectivity index (χ0) is 18.4. The number of carbonyl (C=O) groups is 2. The van der Waals surface area contributed by atoms with Crippen LogP contribution in [0.4, 0.5) is 0 Å². The molecule has 0 saturated heterocycles. The van der Waals surface area contributed by atoms with Gasteiger partial charge >= 0.3 is 17.6 Å². The Bertz CT molecular complexity index is 960. The van der Waals surface area contributed by atoms with Crippen molar-refractivity contribution in [3.05, 3.63) is 100 Å². The van der Waals surface area contributed by atoms with Crippen LogP contribution >= 0.6 is 0 Å². The molecule has 0 bridgehead atoms. The summed E-state index contributed by atoms with van der Waals surface area (Å²) in [4.78, 5) is 35.7. The summed E-state index contributed by atoms with van der Waals surface area (Å²) in [5, 5.41) is 0. The summed E-state index contributed by atoms with van der Waals surface area (Å²) in [6.45, 7) is -0.212.